The molecule has 1 atom stereocenters. The molecular formula is C22H16ClFN2O5. The first-order chi connectivity index (χ1) is 14.8. The number of nitrogens with zero attached hydrogens (tertiary/aromatic N) is 2. The van der Waals surface area contributed by atoms with Gasteiger partial charge in [-0.2, -0.15) is 0 Å². The molecule has 1 aromatic heterocycles. The van der Waals surface area contributed by atoms with Gasteiger partial charge < -0.3 is 14.4 Å². The van der Waals surface area contributed by atoms with E-state index in [0.29, 0.717) is 17.1 Å². The number of aromatic nitrogens is 1. The molecular weight excluding hydrogens is 427 g/mol. The summed E-state index contributed by atoms with van der Waals surface area (Å²) in [6.07, 6.45) is 0. The van der Waals surface area contributed by atoms with E-state index < -0.39 is 29.3 Å². The number of aliphatic hydroxyl groups excluding tert-OH is 1. The summed E-state index contributed by atoms with van der Waals surface area (Å²) in [5, 5.41) is 15.1. The van der Waals surface area contributed by atoms with Gasteiger partial charge in [0, 0.05) is 11.6 Å². The minimum absolute atomic E-state index is 0.0979. The number of methoxy groups -OCH3 is 1. The van der Waals surface area contributed by atoms with Crippen molar-refractivity contribution in [3.63, 3.8) is 0 Å². The van der Waals surface area contributed by atoms with Gasteiger partial charge in [-0.1, -0.05) is 28.9 Å². The number of hydrogen-bond acceptors (Lipinski definition) is 6. The molecule has 9 heteroatoms. The third-order valence-corrected chi connectivity index (χ3v) is 5.21. The fraction of sp³-hybridized carbons (Fsp3) is 0.136. The first-order valence-corrected chi connectivity index (χ1v) is 9.53. The molecule has 7 nitrogen and oxygen atoms in total. The van der Waals surface area contributed by atoms with Gasteiger partial charge in [0.25, 0.3) is 5.78 Å². The Kier molecular flexibility index (Phi) is 5.24. The number of amides is 1. The van der Waals surface area contributed by atoms with Crippen LogP contribution < -0.4 is 9.64 Å². The van der Waals surface area contributed by atoms with E-state index >= 15 is 0 Å². The molecule has 4 rings (SSSR count). The Morgan fingerprint density at radius 2 is 1.90 bits per heavy atom. The van der Waals surface area contributed by atoms with Crippen LogP contribution in [0.3, 0.4) is 0 Å². The lowest BCUT2D eigenvalue weighted by atomic mass is 9.95. The molecule has 0 unspecified atom stereocenters. The quantitative estimate of drug-likeness (QED) is 0.365. The van der Waals surface area contributed by atoms with Crippen LogP contribution in [0.5, 0.6) is 5.75 Å². The summed E-state index contributed by atoms with van der Waals surface area (Å²) in [5.74, 6) is -1.83. The number of carbonyl (C=O) groups is 2. The lowest BCUT2D eigenvalue weighted by molar-refractivity contribution is -0.132. The second-order valence-corrected chi connectivity index (χ2v) is 7.27. The molecule has 2 aromatic carbocycles. The predicted molar refractivity (Wildman–Crippen MR) is 110 cm³/mol. The highest BCUT2D eigenvalue weighted by Crippen LogP contribution is 2.42. The number of benzene rings is 2. The van der Waals surface area contributed by atoms with Gasteiger partial charge in [0.2, 0.25) is 0 Å². The normalized spacial score (nSPS) is 17.9. The van der Waals surface area contributed by atoms with Gasteiger partial charge >= 0.3 is 5.91 Å². The fourth-order valence-electron chi connectivity index (χ4n) is 3.47. The number of aryl methyl sites for hydroxylation is 1. The minimum atomic E-state index is -1.05. The van der Waals surface area contributed by atoms with E-state index in [0.717, 1.165) is 4.90 Å². The number of ketones is 1. The maximum atomic E-state index is 13.5. The minimum Gasteiger partial charge on any atom is -0.507 e. The number of carbonyl (C=O) groups excluding carboxylic acids is 2. The van der Waals surface area contributed by atoms with Crippen LogP contribution in [0.1, 0.15) is 22.9 Å². The third-order valence-electron chi connectivity index (χ3n) is 4.92. The zero-order chi connectivity index (χ0) is 22.3. The molecule has 1 saturated heterocycles. The lowest BCUT2D eigenvalue weighted by Gasteiger charge is -2.22. The number of halogens is 2. The number of rotatable bonds is 4. The summed E-state index contributed by atoms with van der Waals surface area (Å²) < 4.78 is 23.7. The van der Waals surface area contributed by atoms with Crippen molar-refractivity contribution in [2.75, 3.05) is 12.0 Å². The van der Waals surface area contributed by atoms with E-state index in [4.69, 9.17) is 20.9 Å². The first kappa shape index (κ1) is 20.6. The average molecular weight is 443 g/mol. The van der Waals surface area contributed by atoms with Crippen LogP contribution in [0.15, 0.2) is 58.6 Å². The average Bonchev–Trinajstić information content (AvgIpc) is 3.29. The SMILES string of the molecule is COc1ccc(C(O)=C2C(=O)C(=O)N(c3cc(C)on3)[C@H]2c2ccc(F)cc2)cc1Cl. The monoisotopic (exact) mass is 442 g/mol. The highest BCUT2D eigenvalue weighted by molar-refractivity contribution is 6.51. The highest BCUT2D eigenvalue weighted by atomic mass is 35.5. The van der Waals surface area contributed by atoms with Crippen LogP contribution in [-0.4, -0.2) is 29.1 Å². The summed E-state index contributed by atoms with van der Waals surface area (Å²) in [4.78, 5) is 27.0. The van der Waals surface area contributed by atoms with E-state index in [2.05, 4.69) is 5.16 Å². The molecule has 1 aliphatic rings. The van der Waals surface area contributed by atoms with Gasteiger partial charge in [-0.05, 0) is 42.8 Å². The van der Waals surface area contributed by atoms with Crippen molar-refractivity contribution in [3.05, 3.63) is 81.8 Å². The molecule has 158 valence electrons. The van der Waals surface area contributed by atoms with Gasteiger partial charge in [0.1, 0.15) is 23.1 Å². The molecule has 3 aromatic rings. The Hall–Kier alpha value is -3.65. The molecule has 0 radical (unpaired) electrons. The molecule has 2 heterocycles. The summed E-state index contributed by atoms with van der Waals surface area (Å²) in [6, 6.07) is 10.2. The van der Waals surface area contributed by atoms with Crippen molar-refractivity contribution in [2.45, 2.75) is 13.0 Å². The van der Waals surface area contributed by atoms with E-state index in [1.54, 1.807) is 6.92 Å². The standard InChI is InChI=1S/C22H16ClFN2O5/c1-11-9-17(25-31-11)26-19(12-3-6-14(24)7-4-12)18(21(28)22(26)29)20(27)13-5-8-16(30-2)15(23)10-13/h3-10,19,27H,1-2H3/t19-/m0/s1. The fourth-order valence-corrected chi connectivity index (χ4v) is 3.72. The third kappa shape index (κ3) is 3.55. The second-order valence-electron chi connectivity index (χ2n) is 6.87. The van der Waals surface area contributed by atoms with Crippen LogP contribution >= 0.6 is 11.6 Å². The van der Waals surface area contributed by atoms with Crippen LogP contribution in [0, 0.1) is 12.7 Å². The van der Waals surface area contributed by atoms with Gasteiger partial charge in [-0.3, -0.25) is 14.5 Å². The van der Waals surface area contributed by atoms with E-state index in [1.165, 1.54) is 55.6 Å². The summed E-state index contributed by atoms with van der Waals surface area (Å²) >= 11 is 6.16. The van der Waals surface area contributed by atoms with Crippen LogP contribution in [0.2, 0.25) is 5.02 Å². The van der Waals surface area contributed by atoms with Crippen LogP contribution in [0.25, 0.3) is 5.76 Å². The molecule has 1 N–H and O–H groups in total. The van der Waals surface area contributed by atoms with Crippen LogP contribution in [0.4, 0.5) is 10.2 Å². The predicted octanol–water partition coefficient (Wildman–Crippen LogP) is 4.41. The summed E-state index contributed by atoms with van der Waals surface area (Å²) in [6.45, 7) is 1.64. The Balaban J connectivity index is 1.93. The van der Waals surface area contributed by atoms with E-state index in [9.17, 15) is 19.1 Å². The van der Waals surface area contributed by atoms with Crippen molar-refractivity contribution in [1.29, 1.82) is 0 Å². The number of Topliss-reactive ketones (excluding diaryl/α,β-unsaturated/α-hetero) is 1. The number of aliphatic hydroxyl groups is 1. The van der Waals surface area contributed by atoms with Crippen molar-refractivity contribution < 1.29 is 28.3 Å². The van der Waals surface area contributed by atoms with Gasteiger partial charge in [0.05, 0.1) is 23.7 Å². The molecule has 0 saturated carbocycles. The molecule has 0 spiro atoms. The smallest absolute Gasteiger partial charge is 0.301 e. The van der Waals surface area contributed by atoms with E-state index in [1.807, 2.05) is 0 Å². The van der Waals surface area contributed by atoms with Gasteiger partial charge in [0.15, 0.2) is 5.82 Å². The molecule has 1 amide bonds. The molecule has 0 aliphatic carbocycles. The Bertz CT molecular complexity index is 1220. The largest absolute Gasteiger partial charge is 0.507 e. The Morgan fingerprint density at radius 1 is 1.19 bits per heavy atom. The van der Waals surface area contributed by atoms with Crippen molar-refractivity contribution in [3.8, 4) is 5.75 Å². The summed E-state index contributed by atoms with van der Waals surface area (Å²) in [5.41, 5.74) is 0.438. The Morgan fingerprint density at radius 3 is 2.48 bits per heavy atom. The summed E-state index contributed by atoms with van der Waals surface area (Å²) in [7, 11) is 1.45. The maximum absolute atomic E-state index is 13.5. The van der Waals surface area contributed by atoms with Gasteiger partial charge in [-0.15, -0.1) is 0 Å². The van der Waals surface area contributed by atoms with Crippen LogP contribution in [-0.2, 0) is 9.59 Å². The van der Waals surface area contributed by atoms with E-state index in [-0.39, 0.29) is 22.0 Å². The Labute approximate surface area is 181 Å². The zero-order valence-electron chi connectivity index (χ0n) is 16.4. The van der Waals surface area contributed by atoms with Crippen molar-refractivity contribution >= 4 is 34.9 Å². The first-order valence-electron chi connectivity index (χ1n) is 9.15. The molecule has 31 heavy (non-hydrogen) atoms. The molecule has 0 bridgehead atoms. The maximum Gasteiger partial charge on any atom is 0.301 e. The number of ether oxygens (including phenoxy) is 1. The number of hydrogen-bond donors (Lipinski definition) is 1. The van der Waals surface area contributed by atoms with Crippen molar-refractivity contribution in [1.82, 2.24) is 5.16 Å². The highest BCUT2D eigenvalue weighted by Gasteiger charge is 2.48. The number of anilines is 1. The van der Waals surface area contributed by atoms with Crippen molar-refractivity contribution in [2.24, 2.45) is 0 Å². The molecule has 1 fully saturated rings. The topological polar surface area (TPSA) is 92.9 Å². The lowest BCUT2D eigenvalue weighted by Crippen LogP contribution is -2.29. The zero-order valence-corrected chi connectivity index (χ0v) is 17.2. The second kappa shape index (κ2) is 7.88. The molecule has 1 aliphatic heterocycles. The van der Waals surface area contributed by atoms with Gasteiger partial charge in [-0.25, -0.2) is 4.39 Å².